The number of hydrogen-bond acceptors (Lipinski definition) is 7. The number of ether oxygens (including phenoxy) is 3. The van der Waals surface area contributed by atoms with Crippen molar-refractivity contribution in [3.8, 4) is 28.6 Å². The van der Waals surface area contributed by atoms with Gasteiger partial charge in [0.15, 0.2) is 11.5 Å². The molecule has 0 spiro atoms. The highest BCUT2D eigenvalue weighted by atomic mass is 19.3. The fourth-order valence-corrected chi connectivity index (χ4v) is 2.78. The molecule has 11 heteroatoms. The predicted octanol–water partition coefficient (Wildman–Crippen LogP) is 2.62. The Morgan fingerprint density at radius 2 is 1.81 bits per heavy atom. The van der Waals surface area contributed by atoms with E-state index in [0.717, 1.165) is 5.56 Å². The molecule has 1 amide bonds. The number of hydrogen-bond donors (Lipinski definition) is 0. The van der Waals surface area contributed by atoms with Crippen LogP contribution in [-0.2, 0) is 17.9 Å². The molecule has 0 saturated heterocycles. The average Bonchev–Trinajstić information content (AvgIpc) is 3.22. The first-order chi connectivity index (χ1) is 14.9. The van der Waals surface area contributed by atoms with Crippen LogP contribution in [0.2, 0.25) is 0 Å². The Bertz CT molecular complexity index is 1030. The molecule has 164 valence electrons. The number of methoxy groups -OCH3 is 2. The third-order valence-electron chi connectivity index (χ3n) is 4.37. The Balaban J connectivity index is 1.61. The molecule has 0 aliphatic heterocycles. The smallest absolute Gasteiger partial charge is 0.387 e. The molecule has 3 rings (SSSR count). The van der Waals surface area contributed by atoms with Crippen LogP contribution in [0.3, 0.4) is 0 Å². The molecule has 1 aromatic heterocycles. The van der Waals surface area contributed by atoms with Gasteiger partial charge in [-0.05, 0) is 41.1 Å². The van der Waals surface area contributed by atoms with E-state index in [9.17, 15) is 13.6 Å². The van der Waals surface area contributed by atoms with E-state index in [2.05, 4.69) is 20.1 Å². The van der Waals surface area contributed by atoms with Crippen molar-refractivity contribution in [1.82, 2.24) is 25.1 Å². The molecule has 3 aromatic rings. The van der Waals surface area contributed by atoms with Gasteiger partial charge in [0, 0.05) is 19.2 Å². The predicted molar refractivity (Wildman–Crippen MR) is 106 cm³/mol. The normalized spacial score (nSPS) is 10.8. The van der Waals surface area contributed by atoms with Crippen LogP contribution in [-0.4, -0.2) is 58.9 Å². The summed E-state index contributed by atoms with van der Waals surface area (Å²) in [5, 5.41) is 12.2. The van der Waals surface area contributed by atoms with E-state index < -0.39 is 6.61 Å². The van der Waals surface area contributed by atoms with Crippen molar-refractivity contribution in [2.24, 2.45) is 0 Å². The number of amides is 1. The third-order valence-corrected chi connectivity index (χ3v) is 4.37. The molecule has 0 radical (unpaired) electrons. The summed E-state index contributed by atoms with van der Waals surface area (Å²) >= 11 is 0. The van der Waals surface area contributed by atoms with Gasteiger partial charge in [-0.1, -0.05) is 12.1 Å². The minimum Gasteiger partial charge on any atom is -0.493 e. The van der Waals surface area contributed by atoms with Crippen LogP contribution in [0.4, 0.5) is 8.78 Å². The van der Waals surface area contributed by atoms with Crippen molar-refractivity contribution >= 4 is 5.91 Å². The number of benzene rings is 2. The van der Waals surface area contributed by atoms with E-state index in [1.54, 1.807) is 44.5 Å². The standard InChI is InChI=1S/C20H21F2N5O4/c1-26(11-13-4-7-15(8-5-13)31-20(21)22)18(28)12-27-24-19(23-25-27)14-6-9-16(29-2)17(10-14)30-3/h4-10,20H,11-12H2,1-3H3. The summed E-state index contributed by atoms with van der Waals surface area (Å²) in [6, 6.07) is 11.3. The number of carbonyl (C=O) groups is 1. The molecule has 2 aromatic carbocycles. The summed E-state index contributed by atoms with van der Waals surface area (Å²) < 4.78 is 39.2. The van der Waals surface area contributed by atoms with Gasteiger partial charge in [0.2, 0.25) is 11.7 Å². The van der Waals surface area contributed by atoms with Gasteiger partial charge in [-0.2, -0.15) is 13.6 Å². The first-order valence-electron chi connectivity index (χ1n) is 9.17. The molecular weight excluding hydrogens is 412 g/mol. The zero-order valence-corrected chi connectivity index (χ0v) is 17.2. The minimum atomic E-state index is -2.88. The lowest BCUT2D eigenvalue weighted by molar-refractivity contribution is -0.131. The summed E-state index contributed by atoms with van der Waals surface area (Å²) in [4.78, 5) is 15.2. The minimum absolute atomic E-state index is 0.0576. The first-order valence-corrected chi connectivity index (χ1v) is 9.17. The largest absolute Gasteiger partial charge is 0.493 e. The van der Waals surface area contributed by atoms with Gasteiger partial charge < -0.3 is 19.1 Å². The lowest BCUT2D eigenvalue weighted by Gasteiger charge is -2.17. The van der Waals surface area contributed by atoms with Crippen molar-refractivity contribution in [2.45, 2.75) is 19.7 Å². The molecule has 0 aliphatic rings. The molecule has 0 bridgehead atoms. The van der Waals surface area contributed by atoms with Crippen LogP contribution in [0, 0.1) is 0 Å². The summed E-state index contributed by atoms with van der Waals surface area (Å²) in [5.74, 6) is 1.25. The average molecular weight is 433 g/mol. The van der Waals surface area contributed by atoms with Crippen LogP contribution in [0.1, 0.15) is 5.56 Å². The van der Waals surface area contributed by atoms with Crippen molar-refractivity contribution in [3.63, 3.8) is 0 Å². The van der Waals surface area contributed by atoms with Gasteiger partial charge in [-0.25, -0.2) is 0 Å². The number of halogens is 2. The molecule has 31 heavy (non-hydrogen) atoms. The number of nitrogens with zero attached hydrogens (tertiary/aromatic N) is 5. The quantitative estimate of drug-likeness (QED) is 0.512. The molecule has 9 nitrogen and oxygen atoms in total. The number of tetrazole rings is 1. The maximum absolute atomic E-state index is 12.5. The monoisotopic (exact) mass is 433 g/mol. The van der Waals surface area contributed by atoms with E-state index in [-0.39, 0.29) is 24.7 Å². The zero-order valence-electron chi connectivity index (χ0n) is 17.2. The number of likely N-dealkylation sites (N-methyl/N-ethyl adjacent to an activating group) is 1. The lowest BCUT2D eigenvalue weighted by Crippen LogP contribution is -2.30. The third kappa shape index (κ3) is 5.65. The fourth-order valence-electron chi connectivity index (χ4n) is 2.78. The van der Waals surface area contributed by atoms with E-state index in [0.29, 0.717) is 22.9 Å². The van der Waals surface area contributed by atoms with E-state index in [1.807, 2.05) is 0 Å². The maximum Gasteiger partial charge on any atom is 0.387 e. The molecule has 0 unspecified atom stereocenters. The lowest BCUT2D eigenvalue weighted by atomic mass is 10.2. The molecule has 1 heterocycles. The summed E-state index contributed by atoms with van der Waals surface area (Å²) in [6.45, 7) is -2.71. The summed E-state index contributed by atoms with van der Waals surface area (Å²) in [6.07, 6.45) is 0. The first kappa shape index (κ1) is 21.9. The fraction of sp³-hybridized carbons (Fsp3) is 0.300. The number of alkyl halides is 2. The summed E-state index contributed by atoms with van der Waals surface area (Å²) in [5.41, 5.74) is 1.42. The topological polar surface area (TPSA) is 91.6 Å². The second-order valence-electron chi connectivity index (χ2n) is 6.49. The number of rotatable bonds is 9. The number of carbonyl (C=O) groups excluding carboxylic acids is 1. The van der Waals surface area contributed by atoms with Crippen molar-refractivity contribution in [1.29, 1.82) is 0 Å². The molecule has 0 N–H and O–H groups in total. The van der Waals surface area contributed by atoms with E-state index in [4.69, 9.17) is 9.47 Å². The van der Waals surface area contributed by atoms with Gasteiger partial charge in [-0.3, -0.25) is 4.79 Å². The van der Waals surface area contributed by atoms with Crippen LogP contribution in [0.5, 0.6) is 17.2 Å². The SMILES string of the molecule is COc1ccc(-c2nnn(CC(=O)N(C)Cc3ccc(OC(F)F)cc3)n2)cc1OC. The molecule has 0 aliphatic carbocycles. The highest BCUT2D eigenvalue weighted by Crippen LogP contribution is 2.30. The van der Waals surface area contributed by atoms with Crippen LogP contribution < -0.4 is 14.2 Å². The second-order valence-corrected chi connectivity index (χ2v) is 6.49. The van der Waals surface area contributed by atoms with Gasteiger partial charge in [0.25, 0.3) is 0 Å². The maximum atomic E-state index is 12.5. The Labute approximate surface area is 177 Å². The second kappa shape index (κ2) is 9.83. The summed E-state index contributed by atoms with van der Waals surface area (Å²) in [7, 11) is 4.69. The number of aromatic nitrogens is 4. The zero-order chi connectivity index (χ0) is 22.4. The van der Waals surface area contributed by atoms with Gasteiger partial charge in [0.1, 0.15) is 12.3 Å². The van der Waals surface area contributed by atoms with Crippen LogP contribution >= 0.6 is 0 Å². The molecular formula is C20H21F2N5O4. The van der Waals surface area contributed by atoms with Crippen LogP contribution in [0.15, 0.2) is 42.5 Å². The Kier molecular flexibility index (Phi) is 6.96. The molecule has 0 atom stereocenters. The van der Waals surface area contributed by atoms with Gasteiger partial charge >= 0.3 is 6.61 Å². The van der Waals surface area contributed by atoms with Gasteiger partial charge in [0.05, 0.1) is 14.2 Å². The Morgan fingerprint density at radius 1 is 1.10 bits per heavy atom. The van der Waals surface area contributed by atoms with E-state index >= 15 is 0 Å². The Hall–Kier alpha value is -3.76. The highest BCUT2D eigenvalue weighted by molar-refractivity contribution is 5.75. The van der Waals surface area contributed by atoms with E-state index in [1.165, 1.54) is 28.9 Å². The van der Waals surface area contributed by atoms with Crippen molar-refractivity contribution < 1.29 is 27.8 Å². The molecule has 0 fully saturated rings. The van der Waals surface area contributed by atoms with Gasteiger partial charge in [-0.15, -0.1) is 10.2 Å². The Morgan fingerprint density at radius 3 is 2.45 bits per heavy atom. The molecule has 0 saturated carbocycles. The van der Waals surface area contributed by atoms with Crippen LogP contribution in [0.25, 0.3) is 11.4 Å². The van der Waals surface area contributed by atoms with Crippen molar-refractivity contribution in [3.05, 3.63) is 48.0 Å². The van der Waals surface area contributed by atoms with Crippen molar-refractivity contribution in [2.75, 3.05) is 21.3 Å². The highest BCUT2D eigenvalue weighted by Gasteiger charge is 2.15.